The highest BCUT2D eigenvalue weighted by molar-refractivity contribution is 5.92. The summed E-state index contributed by atoms with van der Waals surface area (Å²) in [6, 6.07) is 14.5. The summed E-state index contributed by atoms with van der Waals surface area (Å²) in [6.45, 7) is 1.60. The number of rotatable bonds is 8. The Morgan fingerprint density at radius 1 is 1.03 bits per heavy atom. The van der Waals surface area contributed by atoms with E-state index in [0.29, 0.717) is 5.75 Å². The maximum Gasteiger partial charge on any atom is 0.279 e. The molecule has 0 heterocycles. The molecular weight excluding hydrogens is 377 g/mol. The third-order valence-corrected chi connectivity index (χ3v) is 3.70. The number of hydrogen-bond donors (Lipinski definition) is 3. The fraction of sp³-hybridized carbons (Fsp3) is 0.190. The van der Waals surface area contributed by atoms with Gasteiger partial charge in [-0.2, -0.15) is 0 Å². The van der Waals surface area contributed by atoms with E-state index in [2.05, 4.69) is 16.2 Å². The van der Waals surface area contributed by atoms with E-state index in [0.717, 1.165) is 5.56 Å². The van der Waals surface area contributed by atoms with E-state index >= 15 is 0 Å². The van der Waals surface area contributed by atoms with Gasteiger partial charge >= 0.3 is 0 Å². The van der Waals surface area contributed by atoms with Gasteiger partial charge in [-0.05, 0) is 42.8 Å². The van der Waals surface area contributed by atoms with Crippen molar-refractivity contribution in [2.75, 3.05) is 6.54 Å². The molecule has 0 spiro atoms. The number of amides is 3. The average molecular weight is 399 g/mol. The van der Waals surface area contributed by atoms with Crippen molar-refractivity contribution in [1.29, 1.82) is 0 Å². The second-order valence-corrected chi connectivity index (χ2v) is 6.04. The SMILES string of the molecule is C[C@@H](Oc1ccc(F)cc1)C(=O)NNC(=O)CCNC(=O)/C=C/c1ccccc1. The lowest BCUT2D eigenvalue weighted by molar-refractivity contribution is -0.132. The fourth-order valence-electron chi connectivity index (χ4n) is 2.16. The van der Waals surface area contributed by atoms with Crippen LogP contribution in [0.3, 0.4) is 0 Å². The molecule has 2 aromatic rings. The summed E-state index contributed by atoms with van der Waals surface area (Å²) in [5, 5.41) is 2.58. The smallest absolute Gasteiger partial charge is 0.279 e. The third-order valence-electron chi connectivity index (χ3n) is 3.70. The standard InChI is InChI=1S/C21H22FN3O4/c1-15(29-18-10-8-17(22)9-11-18)21(28)25-24-20(27)13-14-23-19(26)12-7-16-5-3-2-4-6-16/h2-12,15H,13-14H2,1H3,(H,23,26)(H,24,27)(H,25,28)/b12-7+/t15-/m1/s1. The van der Waals surface area contributed by atoms with Crippen LogP contribution in [0.2, 0.25) is 0 Å². The summed E-state index contributed by atoms with van der Waals surface area (Å²) in [5.41, 5.74) is 5.37. The number of ether oxygens (including phenoxy) is 1. The molecule has 0 unspecified atom stereocenters. The van der Waals surface area contributed by atoms with Crippen LogP contribution in [-0.4, -0.2) is 30.4 Å². The van der Waals surface area contributed by atoms with E-state index in [1.54, 1.807) is 6.08 Å². The maximum absolute atomic E-state index is 12.9. The molecule has 0 aliphatic rings. The molecule has 0 aromatic heterocycles. The molecular formula is C21H22FN3O4. The minimum Gasteiger partial charge on any atom is -0.481 e. The molecule has 3 N–H and O–H groups in total. The molecule has 2 rings (SSSR count). The zero-order chi connectivity index (χ0) is 21.1. The number of halogens is 1. The number of carbonyl (C=O) groups is 3. The first kappa shape index (κ1) is 21.6. The van der Waals surface area contributed by atoms with Crippen molar-refractivity contribution in [2.45, 2.75) is 19.4 Å². The zero-order valence-corrected chi connectivity index (χ0v) is 15.9. The summed E-state index contributed by atoms with van der Waals surface area (Å²) in [4.78, 5) is 35.4. The van der Waals surface area contributed by atoms with Crippen molar-refractivity contribution in [3.8, 4) is 5.75 Å². The molecule has 152 valence electrons. The Kier molecular flexibility index (Phi) is 8.37. The van der Waals surface area contributed by atoms with E-state index in [1.807, 2.05) is 30.3 Å². The van der Waals surface area contributed by atoms with Crippen LogP contribution in [0.15, 0.2) is 60.7 Å². The summed E-state index contributed by atoms with van der Waals surface area (Å²) < 4.78 is 18.2. The molecule has 0 aliphatic heterocycles. The Morgan fingerprint density at radius 2 is 1.72 bits per heavy atom. The van der Waals surface area contributed by atoms with Gasteiger partial charge in [-0.3, -0.25) is 25.2 Å². The van der Waals surface area contributed by atoms with Crippen LogP contribution < -0.4 is 20.9 Å². The highest BCUT2D eigenvalue weighted by Gasteiger charge is 2.15. The molecule has 0 saturated carbocycles. The Bertz CT molecular complexity index is 854. The Morgan fingerprint density at radius 3 is 2.41 bits per heavy atom. The summed E-state index contributed by atoms with van der Waals surface area (Å²) >= 11 is 0. The number of carbonyl (C=O) groups excluding carboxylic acids is 3. The normalized spacial score (nSPS) is 11.5. The number of benzene rings is 2. The largest absolute Gasteiger partial charge is 0.481 e. The first-order valence-corrected chi connectivity index (χ1v) is 8.96. The van der Waals surface area contributed by atoms with Crippen LogP contribution in [0.4, 0.5) is 4.39 Å². The molecule has 0 aliphatic carbocycles. The second kappa shape index (κ2) is 11.2. The van der Waals surface area contributed by atoms with Gasteiger partial charge in [-0.1, -0.05) is 30.3 Å². The van der Waals surface area contributed by atoms with Gasteiger partial charge in [0, 0.05) is 19.0 Å². The lowest BCUT2D eigenvalue weighted by atomic mass is 10.2. The van der Waals surface area contributed by atoms with Crippen LogP contribution in [0.25, 0.3) is 6.08 Å². The van der Waals surface area contributed by atoms with Crippen molar-refractivity contribution in [2.24, 2.45) is 0 Å². The molecule has 0 fully saturated rings. The number of nitrogens with one attached hydrogen (secondary N) is 3. The van der Waals surface area contributed by atoms with Crippen molar-refractivity contribution < 1.29 is 23.5 Å². The first-order chi connectivity index (χ1) is 13.9. The molecule has 29 heavy (non-hydrogen) atoms. The first-order valence-electron chi connectivity index (χ1n) is 8.96. The molecule has 0 saturated heterocycles. The molecule has 2 aromatic carbocycles. The summed E-state index contributed by atoms with van der Waals surface area (Å²) in [5.74, 6) is -1.46. The van der Waals surface area contributed by atoms with Crippen molar-refractivity contribution in [1.82, 2.24) is 16.2 Å². The Balaban J connectivity index is 1.63. The van der Waals surface area contributed by atoms with Crippen LogP contribution in [0.1, 0.15) is 18.9 Å². The highest BCUT2D eigenvalue weighted by atomic mass is 19.1. The maximum atomic E-state index is 12.9. The predicted octanol–water partition coefficient (Wildman–Crippen LogP) is 1.96. The average Bonchev–Trinajstić information content (AvgIpc) is 2.73. The van der Waals surface area contributed by atoms with E-state index in [1.165, 1.54) is 37.3 Å². The molecule has 7 nitrogen and oxygen atoms in total. The molecule has 0 radical (unpaired) electrons. The van der Waals surface area contributed by atoms with Crippen LogP contribution in [0.5, 0.6) is 5.75 Å². The molecule has 8 heteroatoms. The molecule has 0 bridgehead atoms. The fourth-order valence-corrected chi connectivity index (χ4v) is 2.16. The number of hydrazine groups is 1. The van der Waals surface area contributed by atoms with E-state index in [4.69, 9.17) is 4.74 Å². The van der Waals surface area contributed by atoms with Gasteiger partial charge in [-0.25, -0.2) is 4.39 Å². The van der Waals surface area contributed by atoms with Gasteiger partial charge in [0.15, 0.2) is 6.10 Å². The summed E-state index contributed by atoms with van der Waals surface area (Å²) in [7, 11) is 0. The monoisotopic (exact) mass is 399 g/mol. The molecule has 3 amide bonds. The molecule has 1 atom stereocenters. The lowest BCUT2D eigenvalue weighted by Gasteiger charge is -2.15. The summed E-state index contributed by atoms with van der Waals surface area (Å²) in [6.07, 6.45) is 2.13. The van der Waals surface area contributed by atoms with E-state index < -0.39 is 23.7 Å². The van der Waals surface area contributed by atoms with Crippen molar-refractivity contribution in [3.63, 3.8) is 0 Å². The van der Waals surface area contributed by atoms with Gasteiger partial charge in [-0.15, -0.1) is 0 Å². The van der Waals surface area contributed by atoms with Gasteiger partial charge in [0.2, 0.25) is 11.8 Å². The van der Waals surface area contributed by atoms with E-state index in [9.17, 15) is 18.8 Å². The lowest BCUT2D eigenvalue weighted by Crippen LogP contribution is -2.47. The van der Waals surface area contributed by atoms with E-state index in [-0.39, 0.29) is 18.9 Å². The topological polar surface area (TPSA) is 96.5 Å². The zero-order valence-electron chi connectivity index (χ0n) is 15.9. The van der Waals surface area contributed by atoms with Crippen LogP contribution >= 0.6 is 0 Å². The second-order valence-electron chi connectivity index (χ2n) is 6.04. The van der Waals surface area contributed by atoms with Gasteiger partial charge < -0.3 is 10.1 Å². The third kappa shape index (κ3) is 8.25. The minimum atomic E-state index is -0.899. The Labute approximate surface area is 167 Å². The highest BCUT2D eigenvalue weighted by Crippen LogP contribution is 2.12. The quantitative estimate of drug-likeness (QED) is 0.467. The predicted molar refractivity (Wildman–Crippen MR) is 106 cm³/mol. The van der Waals surface area contributed by atoms with Crippen LogP contribution in [0, 0.1) is 5.82 Å². The van der Waals surface area contributed by atoms with Gasteiger partial charge in [0.1, 0.15) is 11.6 Å². The van der Waals surface area contributed by atoms with Crippen LogP contribution in [-0.2, 0) is 14.4 Å². The van der Waals surface area contributed by atoms with Gasteiger partial charge in [0.25, 0.3) is 5.91 Å². The van der Waals surface area contributed by atoms with Crippen molar-refractivity contribution >= 4 is 23.8 Å². The van der Waals surface area contributed by atoms with Crippen molar-refractivity contribution in [3.05, 3.63) is 72.1 Å². The number of hydrogen-bond acceptors (Lipinski definition) is 4. The minimum absolute atomic E-state index is 0.0155. The van der Waals surface area contributed by atoms with Gasteiger partial charge in [0.05, 0.1) is 0 Å². The Hall–Kier alpha value is -3.68.